The molecule has 1 aromatic rings. The molecule has 1 saturated carbocycles. The van der Waals surface area contributed by atoms with E-state index < -0.39 is 0 Å². The van der Waals surface area contributed by atoms with Gasteiger partial charge in [0.25, 0.3) is 0 Å². The third-order valence-electron chi connectivity index (χ3n) is 2.95. The lowest BCUT2D eigenvalue weighted by Crippen LogP contribution is -2.41. The zero-order chi connectivity index (χ0) is 8.84. The molecule has 13 heavy (non-hydrogen) atoms. The second-order valence-electron chi connectivity index (χ2n) is 4.06. The highest BCUT2D eigenvalue weighted by molar-refractivity contribution is 5.10. The number of rotatable bonds is 2. The maximum atomic E-state index is 4.27. The third kappa shape index (κ3) is 1.09. The highest BCUT2D eigenvalue weighted by atomic mass is 15.3. The van der Waals surface area contributed by atoms with Gasteiger partial charge in [-0.3, -0.25) is 0 Å². The van der Waals surface area contributed by atoms with Gasteiger partial charge in [-0.05, 0) is 19.8 Å². The minimum Gasteiger partial charge on any atom is -0.315 e. The number of nitrogens with one attached hydrogen (secondary N) is 1. The number of nitrogens with zero attached hydrogens (tertiary/aromatic N) is 3. The summed E-state index contributed by atoms with van der Waals surface area (Å²) >= 11 is 0. The predicted octanol–water partition coefficient (Wildman–Crippen LogP) is 0.608. The lowest BCUT2D eigenvalue weighted by Gasteiger charge is -2.26. The van der Waals surface area contributed by atoms with Crippen molar-refractivity contribution in [3.8, 4) is 0 Å². The fourth-order valence-corrected chi connectivity index (χ4v) is 1.92. The van der Waals surface area contributed by atoms with E-state index in [1.54, 1.807) is 0 Å². The summed E-state index contributed by atoms with van der Waals surface area (Å²) in [5, 5.41) is 11.7. The van der Waals surface area contributed by atoms with E-state index in [4.69, 9.17) is 0 Å². The molecule has 0 unspecified atom stereocenters. The Bertz CT molecular complexity index is 322. The number of aryl methyl sites for hydroxylation is 1. The molecular formula is C9H14N4. The van der Waals surface area contributed by atoms with E-state index in [1.165, 1.54) is 18.7 Å². The van der Waals surface area contributed by atoms with E-state index in [9.17, 15) is 0 Å². The minimum atomic E-state index is 0.613. The van der Waals surface area contributed by atoms with Crippen LogP contribution < -0.4 is 5.32 Å². The van der Waals surface area contributed by atoms with Gasteiger partial charge in [0, 0.05) is 25.0 Å². The van der Waals surface area contributed by atoms with Gasteiger partial charge < -0.3 is 9.88 Å². The molecule has 1 aliphatic heterocycles. The molecule has 0 amide bonds. The van der Waals surface area contributed by atoms with Gasteiger partial charge in [-0.25, -0.2) is 0 Å². The molecule has 0 aromatic carbocycles. The summed E-state index contributed by atoms with van der Waals surface area (Å²) in [5.41, 5.74) is 0. The first kappa shape index (κ1) is 7.50. The van der Waals surface area contributed by atoms with Crippen LogP contribution in [0.5, 0.6) is 0 Å². The van der Waals surface area contributed by atoms with Crippen LogP contribution in [0.1, 0.15) is 36.5 Å². The molecule has 1 saturated heterocycles. The molecule has 3 rings (SSSR count). The molecule has 2 aliphatic rings. The van der Waals surface area contributed by atoms with Crippen molar-refractivity contribution in [2.45, 2.75) is 31.7 Å². The Balaban J connectivity index is 1.97. The summed E-state index contributed by atoms with van der Waals surface area (Å²) in [6, 6.07) is 0.714. The Kier molecular flexibility index (Phi) is 1.47. The first-order valence-corrected chi connectivity index (χ1v) is 4.98. The molecule has 0 atom stereocenters. The van der Waals surface area contributed by atoms with Gasteiger partial charge in [-0.15, -0.1) is 10.2 Å². The Labute approximate surface area is 77.4 Å². The minimum absolute atomic E-state index is 0.613. The largest absolute Gasteiger partial charge is 0.315 e. The van der Waals surface area contributed by atoms with Gasteiger partial charge >= 0.3 is 0 Å². The molecule has 1 aliphatic carbocycles. The molecule has 2 heterocycles. The highest BCUT2D eigenvalue weighted by Gasteiger charge is 2.32. The summed E-state index contributed by atoms with van der Waals surface area (Å²) in [5.74, 6) is 2.91. The van der Waals surface area contributed by atoms with Crippen LogP contribution in [0.3, 0.4) is 0 Å². The van der Waals surface area contributed by atoms with Crippen molar-refractivity contribution in [1.29, 1.82) is 0 Å². The first-order valence-electron chi connectivity index (χ1n) is 4.98. The Morgan fingerprint density at radius 3 is 2.62 bits per heavy atom. The van der Waals surface area contributed by atoms with Crippen LogP contribution in [-0.2, 0) is 0 Å². The quantitative estimate of drug-likeness (QED) is 0.721. The lowest BCUT2D eigenvalue weighted by molar-refractivity contribution is 0.413. The number of hydrogen-bond donors (Lipinski definition) is 1. The molecule has 1 N–H and O–H groups in total. The average Bonchev–Trinajstić information content (AvgIpc) is 2.76. The van der Waals surface area contributed by atoms with Crippen LogP contribution in [0.4, 0.5) is 0 Å². The van der Waals surface area contributed by atoms with Crippen LogP contribution in [0.25, 0.3) is 0 Å². The van der Waals surface area contributed by atoms with Crippen molar-refractivity contribution in [1.82, 2.24) is 20.1 Å². The van der Waals surface area contributed by atoms with E-state index in [0.717, 1.165) is 18.9 Å². The molecule has 0 bridgehead atoms. The van der Waals surface area contributed by atoms with E-state index >= 15 is 0 Å². The van der Waals surface area contributed by atoms with E-state index in [1.807, 2.05) is 0 Å². The SMILES string of the molecule is Cc1nnc(C2CNC2)n1C1CC1. The Morgan fingerprint density at radius 2 is 2.08 bits per heavy atom. The normalized spacial score (nSPS) is 23.2. The van der Waals surface area contributed by atoms with Gasteiger partial charge in [-0.1, -0.05) is 0 Å². The highest BCUT2D eigenvalue weighted by Crippen LogP contribution is 2.38. The van der Waals surface area contributed by atoms with Gasteiger partial charge in [0.1, 0.15) is 11.6 Å². The smallest absolute Gasteiger partial charge is 0.138 e. The van der Waals surface area contributed by atoms with Crippen molar-refractivity contribution >= 4 is 0 Å². The first-order chi connectivity index (χ1) is 6.36. The van der Waals surface area contributed by atoms with Gasteiger partial charge in [-0.2, -0.15) is 0 Å². The predicted molar refractivity (Wildman–Crippen MR) is 48.6 cm³/mol. The molecule has 70 valence electrons. The molecular weight excluding hydrogens is 164 g/mol. The van der Waals surface area contributed by atoms with E-state index in [-0.39, 0.29) is 0 Å². The van der Waals surface area contributed by atoms with Gasteiger partial charge in [0.15, 0.2) is 0 Å². The lowest BCUT2D eigenvalue weighted by atomic mass is 10.0. The van der Waals surface area contributed by atoms with Crippen molar-refractivity contribution in [3.63, 3.8) is 0 Å². The third-order valence-corrected chi connectivity index (χ3v) is 2.95. The standard InChI is InChI=1S/C9H14N4/c1-6-11-12-9(7-4-10-5-7)13(6)8-2-3-8/h7-8,10H,2-5H2,1H3. The fraction of sp³-hybridized carbons (Fsp3) is 0.778. The molecule has 2 fully saturated rings. The molecule has 0 radical (unpaired) electrons. The summed E-state index contributed by atoms with van der Waals surface area (Å²) in [6.45, 7) is 4.20. The summed E-state index contributed by atoms with van der Waals surface area (Å²) in [4.78, 5) is 0. The second kappa shape index (κ2) is 2.54. The van der Waals surface area contributed by atoms with Crippen molar-refractivity contribution in [2.75, 3.05) is 13.1 Å². The van der Waals surface area contributed by atoms with Crippen molar-refractivity contribution in [2.24, 2.45) is 0 Å². The average molecular weight is 178 g/mol. The molecule has 0 spiro atoms. The summed E-state index contributed by atoms with van der Waals surface area (Å²) in [7, 11) is 0. The van der Waals surface area contributed by atoms with E-state index in [2.05, 4.69) is 27.0 Å². The van der Waals surface area contributed by atoms with Gasteiger partial charge in [0.05, 0.1) is 0 Å². The maximum Gasteiger partial charge on any atom is 0.138 e. The molecule has 1 aromatic heterocycles. The number of hydrogen-bond acceptors (Lipinski definition) is 3. The molecule has 4 heteroatoms. The van der Waals surface area contributed by atoms with Crippen LogP contribution in [-0.4, -0.2) is 27.9 Å². The fourth-order valence-electron chi connectivity index (χ4n) is 1.92. The topological polar surface area (TPSA) is 42.7 Å². The van der Waals surface area contributed by atoms with Crippen LogP contribution >= 0.6 is 0 Å². The summed E-state index contributed by atoms with van der Waals surface area (Å²) in [6.07, 6.45) is 2.62. The zero-order valence-electron chi connectivity index (χ0n) is 7.82. The zero-order valence-corrected chi connectivity index (χ0v) is 7.82. The van der Waals surface area contributed by atoms with Crippen LogP contribution in [0.15, 0.2) is 0 Å². The van der Waals surface area contributed by atoms with Crippen LogP contribution in [0.2, 0.25) is 0 Å². The Hall–Kier alpha value is -0.900. The van der Waals surface area contributed by atoms with E-state index in [0.29, 0.717) is 12.0 Å². The second-order valence-corrected chi connectivity index (χ2v) is 4.06. The Morgan fingerprint density at radius 1 is 1.31 bits per heavy atom. The van der Waals surface area contributed by atoms with Gasteiger partial charge in [0.2, 0.25) is 0 Å². The van der Waals surface area contributed by atoms with Crippen LogP contribution in [0, 0.1) is 6.92 Å². The van der Waals surface area contributed by atoms with Crippen molar-refractivity contribution in [3.05, 3.63) is 11.6 Å². The molecule has 4 nitrogen and oxygen atoms in total. The number of aromatic nitrogens is 3. The summed E-state index contributed by atoms with van der Waals surface area (Å²) < 4.78 is 2.34. The van der Waals surface area contributed by atoms with Crippen molar-refractivity contribution < 1.29 is 0 Å². The maximum absolute atomic E-state index is 4.27. The monoisotopic (exact) mass is 178 g/mol.